The second-order valence-electron chi connectivity index (χ2n) is 5.51. The molecule has 1 fully saturated rings. The van der Waals surface area contributed by atoms with Gasteiger partial charge in [0.15, 0.2) is 0 Å². The number of hydrogen-bond acceptors (Lipinski definition) is 2. The van der Waals surface area contributed by atoms with Crippen molar-refractivity contribution in [3.8, 4) is 0 Å². The third kappa shape index (κ3) is 3.35. The molecule has 3 nitrogen and oxygen atoms in total. The van der Waals surface area contributed by atoms with Crippen LogP contribution >= 0.6 is 0 Å². The molecule has 0 aromatic heterocycles. The number of aryl methyl sites for hydroxylation is 1. The molecular weight excluding hydrogens is 238 g/mol. The van der Waals surface area contributed by atoms with Crippen molar-refractivity contribution < 1.29 is 9.90 Å². The van der Waals surface area contributed by atoms with Gasteiger partial charge in [-0.3, -0.25) is 9.69 Å². The average molecular weight is 261 g/mol. The van der Waals surface area contributed by atoms with Crippen molar-refractivity contribution in [3.63, 3.8) is 0 Å². The molecule has 0 amide bonds. The summed E-state index contributed by atoms with van der Waals surface area (Å²) in [5, 5.41) is 9.20. The van der Waals surface area contributed by atoms with Gasteiger partial charge in [-0.25, -0.2) is 0 Å². The number of carbonyl (C=O) groups is 1. The standard InChI is InChI=1S/C16H23NO2/c1-3-15(13-7-4-6-12(2)10-13)17-9-5-8-14(11-17)16(18)19/h4,6-7,10,14-15H,3,5,8-9,11H2,1-2H3,(H,18,19). The molecule has 1 N–H and O–H groups in total. The van der Waals surface area contributed by atoms with Crippen molar-refractivity contribution in [1.82, 2.24) is 4.90 Å². The molecular formula is C16H23NO2. The number of rotatable bonds is 4. The Bertz CT molecular complexity index is 444. The molecule has 0 aliphatic carbocycles. The fourth-order valence-corrected chi connectivity index (χ4v) is 3.07. The van der Waals surface area contributed by atoms with Gasteiger partial charge in [0.1, 0.15) is 0 Å². The molecule has 104 valence electrons. The van der Waals surface area contributed by atoms with Crippen molar-refractivity contribution in [1.29, 1.82) is 0 Å². The first-order valence-corrected chi connectivity index (χ1v) is 7.15. The maximum Gasteiger partial charge on any atom is 0.307 e. The van der Waals surface area contributed by atoms with Crippen molar-refractivity contribution in [3.05, 3.63) is 35.4 Å². The van der Waals surface area contributed by atoms with E-state index in [4.69, 9.17) is 0 Å². The zero-order chi connectivity index (χ0) is 13.8. The highest BCUT2D eigenvalue weighted by molar-refractivity contribution is 5.70. The lowest BCUT2D eigenvalue weighted by molar-refractivity contribution is -0.144. The minimum absolute atomic E-state index is 0.201. The Labute approximate surface area is 115 Å². The summed E-state index contributed by atoms with van der Waals surface area (Å²) in [5.74, 6) is -0.851. The van der Waals surface area contributed by atoms with E-state index in [0.717, 1.165) is 25.8 Å². The normalized spacial score (nSPS) is 22.1. The molecule has 1 heterocycles. The van der Waals surface area contributed by atoms with Crippen LogP contribution in [0.3, 0.4) is 0 Å². The molecule has 0 saturated carbocycles. The van der Waals surface area contributed by atoms with Gasteiger partial charge in [0.2, 0.25) is 0 Å². The molecule has 2 rings (SSSR count). The van der Waals surface area contributed by atoms with Gasteiger partial charge in [-0.1, -0.05) is 36.8 Å². The number of hydrogen-bond donors (Lipinski definition) is 1. The summed E-state index contributed by atoms with van der Waals surface area (Å²) in [6, 6.07) is 8.92. The Balaban J connectivity index is 2.15. The van der Waals surface area contributed by atoms with Crippen LogP contribution in [-0.2, 0) is 4.79 Å². The van der Waals surface area contributed by atoms with Gasteiger partial charge < -0.3 is 5.11 Å². The SMILES string of the molecule is CCC(c1cccc(C)c1)N1CCCC(C(=O)O)C1. The minimum atomic E-state index is -0.649. The van der Waals surface area contributed by atoms with Crippen molar-refractivity contribution >= 4 is 5.97 Å². The summed E-state index contributed by atoms with van der Waals surface area (Å²) in [5.41, 5.74) is 2.58. The number of piperidine rings is 1. The van der Waals surface area contributed by atoms with Gasteiger partial charge in [-0.05, 0) is 38.3 Å². The molecule has 0 radical (unpaired) electrons. The van der Waals surface area contributed by atoms with Crippen molar-refractivity contribution in [2.75, 3.05) is 13.1 Å². The Kier molecular flexibility index (Phi) is 4.59. The predicted molar refractivity (Wildman–Crippen MR) is 76.1 cm³/mol. The van der Waals surface area contributed by atoms with E-state index in [-0.39, 0.29) is 5.92 Å². The van der Waals surface area contributed by atoms with Crippen LogP contribution < -0.4 is 0 Å². The van der Waals surface area contributed by atoms with Crippen molar-refractivity contribution in [2.24, 2.45) is 5.92 Å². The molecule has 2 atom stereocenters. The summed E-state index contributed by atoms with van der Waals surface area (Å²) >= 11 is 0. The molecule has 1 aliphatic rings. The van der Waals surface area contributed by atoms with Gasteiger partial charge in [-0.2, -0.15) is 0 Å². The van der Waals surface area contributed by atoms with Crippen molar-refractivity contribution in [2.45, 2.75) is 39.2 Å². The Morgan fingerprint density at radius 1 is 1.53 bits per heavy atom. The van der Waals surface area contributed by atoms with Crippen LogP contribution in [0.2, 0.25) is 0 Å². The van der Waals surface area contributed by atoms with E-state index in [1.54, 1.807) is 0 Å². The summed E-state index contributed by atoms with van der Waals surface area (Å²) in [4.78, 5) is 13.5. The number of nitrogens with zero attached hydrogens (tertiary/aromatic N) is 1. The van der Waals surface area contributed by atoms with E-state index in [9.17, 15) is 9.90 Å². The number of carboxylic acids is 1. The van der Waals surface area contributed by atoms with Gasteiger partial charge in [0.05, 0.1) is 5.92 Å². The highest BCUT2D eigenvalue weighted by Crippen LogP contribution is 2.29. The van der Waals surface area contributed by atoms with Crippen LogP contribution in [0.25, 0.3) is 0 Å². The lowest BCUT2D eigenvalue weighted by Gasteiger charge is -2.37. The third-order valence-electron chi connectivity index (χ3n) is 4.06. The Hall–Kier alpha value is -1.35. The molecule has 1 aliphatic heterocycles. The molecule has 19 heavy (non-hydrogen) atoms. The smallest absolute Gasteiger partial charge is 0.307 e. The van der Waals surface area contributed by atoms with E-state index >= 15 is 0 Å². The predicted octanol–water partition coefficient (Wildman–Crippen LogP) is 3.24. The van der Waals surface area contributed by atoms with Gasteiger partial charge >= 0.3 is 5.97 Å². The highest BCUT2D eigenvalue weighted by Gasteiger charge is 2.29. The fraction of sp³-hybridized carbons (Fsp3) is 0.562. The Morgan fingerprint density at radius 3 is 2.95 bits per heavy atom. The molecule has 0 spiro atoms. The number of carboxylic acid groups (broad SMARTS) is 1. The van der Waals surface area contributed by atoms with Gasteiger partial charge in [0.25, 0.3) is 0 Å². The van der Waals surface area contributed by atoms with Gasteiger partial charge in [0, 0.05) is 12.6 Å². The van der Waals surface area contributed by atoms with Crippen LogP contribution in [0.5, 0.6) is 0 Å². The van der Waals surface area contributed by atoms with E-state index in [1.165, 1.54) is 11.1 Å². The number of aliphatic carboxylic acids is 1. The maximum atomic E-state index is 11.2. The Morgan fingerprint density at radius 2 is 2.32 bits per heavy atom. The van der Waals surface area contributed by atoms with E-state index in [0.29, 0.717) is 12.6 Å². The summed E-state index contributed by atoms with van der Waals surface area (Å²) in [6.07, 6.45) is 2.82. The van der Waals surface area contributed by atoms with Crippen LogP contribution in [0.4, 0.5) is 0 Å². The van der Waals surface area contributed by atoms with Crippen LogP contribution in [0.15, 0.2) is 24.3 Å². The van der Waals surface area contributed by atoms with E-state index in [1.807, 2.05) is 0 Å². The maximum absolute atomic E-state index is 11.2. The average Bonchev–Trinajstić information content (AvgIpc) is 2.40. The summed E-state index contributed by atoms with van der Waals surface area (Å²) in [7, 11) is 0. The summed E-state index contributed by atoms with van der Waals surface area (Å²) < 4.78 is 0. The molecule has 0 bridgehead atoms. The van der Waals surface area contributed by atoms with E-state index < -0.39 is 5.97 Å². The first kappa shape index (κ1) is 14.1. The van der Waals surface area contributed by atoms with Crippen LogP contribution in [-0.4, -0.2) is 29.1 Å². The summed E-state index contributed by atoms with van der Waals surface area (Å²) in [6.45, 7) is 5.97. The van der Waals surface area contributed by atoms with E-state index in [2.05, 4.69) is 43.0 Å². The molecule has 1 aromatic rings. The molecule has 2 unspecified atom stereocenters. The second-order valence-corrected chi connectivity index (χ2v) is 5.51. The first-order chi connectivity index (χ1) is 9.11. The minimum Gasteiger partial charge on any atom is -0.481 e. The first-order valence-electron chi connectivity index (χ1n) is 7.15. The van der Waals surface area contributed by atoms with Gasteiger partial charge in [-0.15, -0.1) is 0 Å². The quantitative estimate of drug-likeness (QED) is 0.904. The molecule has 3 heteroatoms. The number of likely N-dealkylation sites (tertiary alicyclic amines) is 1. The monoisotopic (exact) mass is 261 g/mol. The highest BCUT2D eigenvalue weighted by atomic mass is 16.4. The third-order valence-corrected chi connectivity index (χ3v) is 4.06. The van der Waals surface area contributed by atoms with Crippen LogP contribution in [0.1, 0.15) is 43.4 Å². The zero-order valence-corrected chi connectivity index (χ0v) is 11.8. The fourth-order valence-electron chi connectivity index (χ4n) is 3.07. The lowest BCUT2D eigenvalue weighted by Crippen LogP contribution is -2.40. The molecule has 1 aromatic carbocycles. The largest absolute Gasteiger partial charge is 0.481 e. The zero-order valence-electron chi connectivity index (χ0n) is 11.8. The second kappa shape index (κ2) is 6.20. The lowest BCUT2D eigenvalue weighted by atomic mass is 9.93. The van der Waals surface area contributed by atoms with Crippen LogP contribution in [0, 0.1) is 12.8 Å². The number of benzene rings is 1. The topological polar surface area (TPSA) is 40.5 Å². The molecule has 1 saturated heterocycles.